The number of likely N-dealkylation sites (tertiary alicyclic amines) is 1. The second-order valence-electron chi connectivity index (χ2n) is 7.21. The number of urea groups is 1. The Morgan fingerprint density at radius 2 is 2.10 bits per heavy atom. The second-order valence-corrected chi connectivity index (χ2v) is 7.21. The molecule has 154 valence electrons. The summed E-state index contributed by atoms with van der Waals surface area (Å²) in [6.45, 7) is 3.54. The van der Waals surface area contributed by atoms with Gasteiger partial charge >= 0.3 is 6.03 Å². The van der Waals surface area contributed by atoms with Crippen LogP contribution >= 0.6 is 0 Å². The smallest absolute Gasteiger partial charge is 0.319 e. The lowest BCUT2D eigenvalue weighted by Gasteiger charge is -2.32. The highest BCUT2D eigenvalue weighted by Crippen LogP contribution is 2.20. The van der Waals surface area contributed by atoms with Crippen LogP contribution in [0.3, 0.4) is 0 Å². The van der Waals surface area contributed by atoms with Crippen LogP contribution in [-0.4, -0.2) is 48.6 Å². The van der Waals surface area contributed by atoms with E-state index in [0.29, 0.717) is 18.2 Å². The van der Waals surface area contributed by atoms with Crippen LogP contribution in [0.4, 0.5) is 10.5 Å². The van der Waals surface area contributed by atoms with Gasteiger partial charge in [0.1, 0.15) is 5.56 Å². The van der Waals surface area contributed by atoms with Gasteiger partial charge in [-0.15, -0.1) is 0 Å². The second kappa shape index (κ2) is 9.88. The van der Waals surface area contributed by atoms with E-state index in [1.54, 1.807) is 0 Å². The van der Waals surface area contributed by atoms with Crippen molar-refractivity contribution in [2.45, 2.75) is 19.4 Å². The van der Waals surface area contributed by atoms with Crippen LogP contribution in [0.25, 0.3) is 0 Å². The molecule has 1 aromatic carbocycles. The summed E-state index contributed by atoms with van der Waals surface area (Å²) in [7, 11) is 1.40. The van der Waals surface area contributed by atoms with Crippen LogP contribution < -0.4 is 21.1 Å². The Morgan fingerprint density at radius 1 is 1.31 bits per heavy atom. The Hall–Kier alpha value is -3.13. The van der Waals surface area contributed by atoms with Crippen molar-refractivity contribution in [1.29, 1.82) is 0 Å². The molecule has 1 fully saturated rings. The first-order valence-corrected chi connectivity index (χ1v) is 9.70. The molecule has 8 heteroatoms. The van der Waals surface area contributed by atoms with E-state index in [9.17, 15) is 9.59 Å². The molecule has 3 rings (SSSR count). The van der Waals surface area contributed by atoms with E-state index in [4.69, 9.17) is 10.5 Å². The first kappa shape index (κ1) is 20.6. The normalized spacial score (nSPS) is 16.8. The molecule has 1 atom stereocenters. The summed E-state index contributed by atoms with van der Waals surface area (Å²) < 4.78 is 5.00. The molecule has 2 heterocycles. The van der Waals surface area contributed by atoms with Crippen molar-refractivity contribution >= 4 is 17.6 Å². The van der Waals surface area contributed by atoms with Gasteiger partial charge in [0, 0.05) is 19.6 Å². The SMILES string of the molecule is COc1ncc(NC(=O)NCC2CCCN(Cc3ccccc3)C2)cc1C(N)=O. The minimum Gasteiger partial charge on any atom is -0.480 e. The predicted octanol–water partition coefficient (Wildman–Crippen LogP) is 2.22. The average molecular weight is 397 g/mol. The van der Waals surface area contributed by atoms with Crippen molar-refractivity contribution in [3.05, 3.63) is 53.7 Å². The Bertz CT molecular complexity index is 843. The highest BCUT2D eigenvalue weighted by molar-refractivity contribution is 5.97. The van der Waals surface area contributed by atoms with Crippen molar-refractivity contribution in [2.24, 2.45) is 11.7 Å². The van der Waals surface area contributed by atoms with Gasteiger partial charge in [-0.05, 0) is 36.9 Å². The molecule has 8 nitrogen and oxygen atoms in total. The summed E-state index contributed by atoms with van der Waals surface area (Å²) >= 11 is 0. The van der Waals surface area contributed by atoms with Crippen LogP contribution in [0, 0.1) is 5.92 Å². The molecule has 1 aromatic heterocycles. The number of hydrogen-bond donors (Lipinski definition) is 3. The fourth-order valence-corrected chi connectivity index (χ4v) is 3.58. The predicted molar refractivity (Wildman–Crippen MR) is 111 cm³/mol. The monoisotopic (exact) mass is 397 g/mol. The molecule has 1 unspecified atom stereocenters. The third-order valence-corrected chi connectivity index (χ3v) is 4.97. The van der Waals surface area contributed by atoms with E-state index in [0.717, 1.165) is 32.5 Å². The van der Waals surface area contributed by atoms with Gasteiger partial charge in [-0.3, -0.25) is 9.69 Å². The van der Waals surface area contributed by atoms with E-state index in [-0.39, 0.29) is 17.5 Å². The van der Waals surface area contributed by atoms with Crippen molar-refractivity contribution in [2.75, 3.05) is 32.1 Å². The molecule has 0 bridgehead atoms. The maximum atomic E-state index is 12.3. The highest BCUT2D eigenvalue weighted by atomic mass is 16.5. The van der Waals surface area contributed by atoms with Gasteiger partial charge in [-0.1, -0.05) is 30.3 Å². The number of carbonyl (C=O) groups excluding carboxylic acids is 2. The maximum absolute atomic E-state index is 12.3. The van der Waals surface area contributed by atoms with Crippen LogP contribution in [0.1, 0.15) is 28.8 Å². The molecule has 29 heavy (non-hydrogen) atoms. The number of amides is 3. The third kappa shape index (κ3) is 5.92. The van der Waals surface area contributed by atoms with Gasteiger partial charge in [0.15, 0.2) is 0 Å². The van der Waals surface area contributed by atoms with Gasteiger partial charge in [-0.2, -0.15) is 0 Å². The largest absolute Gasteiger partial charge is 0.480 e. The number of hydrogen-bond acceptors (Lipinski definition) is 5. The van der Waals surface area contributed by atoms with E-state index >= 15 is 0 Å². The lowest BCUT2D eigenvalue weighted by molar-refractivity contribution is 0.0996. The number of benzene rings is 1. The zero-order valence-corrected chi connectivity index (χ0v) is 16.6. The number of nitrogens with one attached hydrogen (secondary N) is 2. The van der Waals surface area contributed by atoms with Crippen molar-refractivity contribution in [3.63, 3.8) is 0 Å². The number of nitrogens with two attached hydrogens (primary N) is 1. The molecule has 2 aromatic rings. The zero-order chi connectivity index (χ0) is 20.6. The number of aromatic nitrogens is 1. The van der Waals surface area contributed by atoms with Crippen molar-refractivity contribution in [1.82, 2.24) is 15.2 Å². The number of rotatable bonds is 7. The Labute approximate surface area is 170 Å². The van der Waals surface area contributed by atoms with Crippen molar-refractivity contribution in [3.8, 4) is 5.88 Å². The summed E-state index contributed by atoms with van der Waals surface area (Å²) in [5, 5.41) is 5.60. The number of primary amides is 1. The molecule has 4 N–H and O–H groups in total. The number of ether oxygens (including phenoxy) is 1. The van der Waals surface area contributed by atoms with E-state index in [2.05, 4.69) is 44.8 Å². The Balaban J connectivity index is 1.49. The van der Waals surface area contributed by atoms with Crippen LogP contribution in [0.15, 0.2) is 42.6 Å². The molecular weight excluding hydrogens is 370 g/mol. The van der Waals surface area contributed by atoms with Gasteiger partial charge in [0.2, 0.25) is 5.88 Å². The quantitative estimate of drug-likeness (QED) is 0.664. The van der Waals surface area contributed by atoms with Gasteiger partial charge in [0.05, 0.1) is 19.0 Å². The van der Waals surface area contributed by atoms with Crippen LogP contribution in [0.5, 0.6) is 5.88 Å². The number of carbonyl (C=O) groups is 2. The lowest BCUT2D eigenvalue weighted by atomic mass is 9.97. The molecule has 3 amide bonds. The van der Waals surface area contributed by atoms with Gasteiger partial charge in [0.25, 0.3) is 5.91 Å². The van der Waals surface area contributed by atoms with Gasteiger partial charge in [-0.25, -0.2) is 9.78 Å². The minimum atomic E-state index is -0.667. The fourth-order valence-electron chi connectivity index (χ4n) is 3.58. The summed E-state index contributed by atoms with van der Waals surface area (Å²) in [5.74, 6) is -0.142. The van der Waals surface area contributed by atoms with Crippen LogP contribution in [0.2, 0.25) is 0 Å². The molecule has 1 aliphatic heterocycles. The fraction of sp³-hybridized carbons (Fsp3) is 0.381. The molecule has 1 saturated heterocycles. The zero-order valence-electron chi connectivity index (χ0n) is 16.6. The highest BCUT2D eigenvalue weighted by Gasteiger charge is 2.20. The topological polar surface area (TPSA) is 110 Å². The molecule has 0 saturated carbocycles. The average Bonchev–Trinajstić information content (AvgIpc) is 2.73. The first-order chi connectivity index (χ1) is 14.0. The van der Waals surface area contributed by atoms with Crippen molar-refractivity contribution < 1.29 is 14.3 Å². The summed E-state index contributed by atoms with van der Waals surface area (Å²) in [6.07, 6.45) is 3.62. The number of piperidine rings is 1. The van der Waals surface area contributed by atoms with Gasteiger partial charge < -0.3 is 21.1 Å². The molecule has 0 radical (unpaired) electrons. The number of nitrogens with zero attached hydrogens (tertiary/aromatic N) is 2. The number of anilines is 1. The van der Waals surface area contributed by atoms with E-state index in [1.165, 1.54) is 24.9 Å². The van der Waals surface area contributed by atoms with E-state index in [1.807, 2.05) is 6.07 Å². The molecule has 1 aliphatic rings. The summed E-state index contributed by atoms with van der Waals surface area (Å²) in [6, 6.07) is 11.5. The maximum Gasteiger partial charge on any atom is 0.319 e. The number of methoxy groups -OCH3 is 1. The Morgan fingerprint density at radius 3 is 2.83 bits per heavy atom. The standard InChI is InChI=1S/C21H27N5O3/c1-29-20-18(19(22)27)10-17(12-23-20)25-21(28)24-11-16-8-5-9-26(14-16)13-15-6-3-2-4-7-15/h2-4,6-7,10,12,16H,5,8-9,11,13-14H2,1H3,(H2,22,27)(H2,24,25,28). The summed E-state index contributed by atoms with van der Waals surface area (Å²) in [4.78, 5) is 30.2. The lowest BCUT2D eigenvalue weighted by Crippen LogP contribution is -2.41. The summed E-state index contributed by atoms with van der Waals surface area (Å²) in [5.41, 5.74) is 7.12. The molecule has 0 aliphatic carbocycles. The van der Waals surface area contributed by atoms with E-state index < -0.39 is 5.91 Å². The van der Waals surface area contributed by atoms with Crippen LogP contribution in [-0.2, 0) is 6.54 Å². The molecular formula is C21H27N5O3. The Kier molecular flexibility index (Phi) is 7.02. The minimum absolute atomic E-state index is 0.120. The molecule has 0 spiro atoms. The first-order valence-electron chi connectivity index (χ1n) is 9.70. The number of pyridine rings is 1. The third-order valence-electron chi connectivity index (χ3n) is 4.97.